The highest BCUT2D eigenvalue weighted by Gasteiger charge is 2.31. The molecule has 1 unspecified atom stereocenters. The molecular weight excluding hydrogens is 709 g/mol. The molecule has 270 valence electrons. The van der Waals surface area contributed by atoms with Crippen molar-refractivity contribution in [3.63, 3.8) is 0 Å². The van der Waals surface area contributed by atoms with Crippen LogP contribution >= 0.6 is 11.8 Å². The topological polar surface area (TPSA) is 8.17 Å². The predicted octanol–water partition coefficient (Wildman–Crippen LogP) is 15.0. The van der Waals surface area contributed by atoms with Gasteiger partial charge in [0.1, 0.15) is 0 Å². The molecule has 9 aromatic rings. The Balaban J connectivity index is 0.991. The van der Waals surface area contributed by atoms with Crippen molar-refractivity contribution >= 4 is 44.9 Å². The molecule has 0 amide bonds. The van der Waals surface area contributed by atoms with E-state index in [1.807, 2.05) is 11.8 Å². The number of hydrogen-bond acceptors (Lipinski definition) is 2. The molecule has 0 saturated carbocycles. The van der Waals surface area contributed by atoms with E-state index >= 15 is 0 Å². The Hall–Kier alpha value is -6.81. The molecule has 0 bridgehead atoms. The molecule has 2 heterocycles. The molecule has 2 nitrogen and oxygen atoms in total. The number of fused-ring (bicyclic) bond motifs is 6. The Morgan fingerprint density at radius 3 is 1.82 bits per heavy atom. The summed E-state index contributed by atoms with van der Waals surface area (Å²) in [4.78, 5) is 5.24. The number of para-hydroxylation sites is 1. The fourth-order valence-corrected chi connectivity index (χ4v) is 10.0. The van der Waals surface area contributed by atoms with Gasteiger partial charge in [0.15, 0.2) is 0 Å². The van der Waals surface area contributed by atoms with Crippen LogP contribution in [0.15, 0.2) is 228 Å². The second-order valence-corrected chi connectivity index (χ2v) is 16.0. The minimum absolute atomic E-state index is 0.430. The average molecular weight is 747 g/mol. The van der Waals surface area contributed by atoms with Crippen molar-refractivity contribution in [1.29, 1.82) is 0 Å². The number of rotatable bonds is 7. The molecule has 3 heteroatoms. The molecule has 0 saturated heterocycles. The van der Waals surface area contributed by atoms with Gasteiger partial charge in [-0.1, -0.05) is 157 Å². The van der Waals surface area contributed by atoms with E-state index in [-0.39, 0.29) is 0 Å². The van der Waals surface area contributed by atoms with Crippen LogP contribution in [-0.4, -0.2) is 4.57 Å². The number of benzene rings is 8. The van der Waals surface area contributed by atoms with E-state index in [4.69, 9.17) is 0 Å². The fourth-order valence-electron chi connectivity index (χ4n) is 8.75. The Morgan fingerprint density at radius 2 is 1.05 bits per heavy atom. The van der Waals surface area contributed by atoms with Crippen LogP contribution in [0.5, 0.6) is 0 Å². The molecule has 1 aliphatic carbocycles. The van der Waals surface area contributed by atoms with Gasteiger partial charge in [-0.3, -0.25) is 0 Å². The van der Waals surface area contributed by atoms with Crippen molar-refractivity contribution in [3.05, 3.63) is 229 Å². The number of hydrogen-bond donors (Lipinski definition) is 0. The molecule has 0 N–H and O–H groups in total. The third-order valence-corrected chi connectivity index (χ3v) is 12.8. The second kappa shape index (κ2) is 14.0. The van der Waals surface area contributed by atoms with Crippen molar-refractivity contribution in [2.75, 3.05) is 4.90 Å². The summed E-state index contributed by atoms with van der Waals surface area (Å²) in [5.74, 6) is 0.430. The summed E-state index contributed by atoms with van der Waals surface area (Å²) in [7, 11) is 0. The largest absolute Gasteiger partial charge is 0.311 e. The lowest BCUT2D eigenvalue weighted by molar-refractivity contribution is 0.825. The summed E-state index contributed by atoms with van der Waals surface area (Å²) >= 11 is 1.92. The number of nitrogens with zero attached hydrogens (tertiary/aromatic N) is 2. The Labute approximate surface area is 337 Å². The van der Waals surface area contributed by atoms with Gasteiger partial charge in [-0.25, -0.2) is 0 Å². The fraction of sp³-hybridized carbons (Fsp3) is 0.0370. The van der Waals surface area contributed by atoms with Crippen LogP contribution < -0.4 is 4.90 Å². The van der Waals surface area contributed by atoms with Crippen molar-refractivity contribution in [3.8, 4) is 39.1 Å². The lowest BCUT2D eigenvalue weighted by Crippen LogP contribution is -2.18. The first kappa shape index (κ1) is 33.5. The van der Waals surface area contributed by atoms with E-state index in [1.54, 1.807) is 0 Å². The van der Waals surface area contributed by atoms with Crippen molar-refractivity contribution in [2.45, 2.75) is 17.2 Å². The molecule has 2 aliphatic rings. The summed E-state index contributed by atoms with van der Waals surface area (Å²) < 4.78 is 2.40. The summed E-state index contributed by atoms with van der Waals surface area (Å²) in [6, 6.07) is 72.9. The van der Waals surface area contributed by atoms with Crippen LogP contribution in [0.25, 0.3) is 60.9 Å². The van der Waals surface area contributed by atoms with Crippen LogP contribution in [0.1, 0.15) is 17.9 Å². The minimum atomic E-state index is 0.430. The maximum Gasteiger partial charge on any atom is 0.0541 e. The normalized spacial score (nSPS) is 14.6. The maximum atomic E-state index is 2.44. The zero-order chi connectivity index (χ0) is 37.7. The van der Waals surface area contributed by atoms with E-state index in [9.17, 15) is 0 Å². The molecule has 0 fully saturated rings. The van der Waals surface area contributed by atoms with E-state index < -0.39 is 0 Å². The molecule has 8 aromatic carbocycles. The van der Waals surface area contributed by atoms with Gasteiger partial charge in [0, 0.05) is 44.3 Å². The zero-order valence-corrected chi connectivity index (χ0v) is 32.1. The minimum Gasteiger partial charge on any atom is -0.311 e. The molecular formula is C54H38N2S. The van der Waals surface area contributed by atoms with Crippen LogP contribution in [-0.2, 0) is 0 Å². The number of allylic oxidation sites excluding steroid dienone is 3. The van der Waals surface area contributed by atoms with E-state index in [1.165, 1.54) is 76.2 Å². The third kappa shape index (κ3) is 5.99. The smallest absolute Gasteiger partial charge is 0.0541 e. The SMILES string of the molecule is C1=C2Sc3ccccc3C2CC=C1N(c1ccc(-c2ccccc2)cc1)c1cccc(-c2ccc3c(c2)c2ccccc2n3-c2ccc(-c3ccccc3)cc2)c1. The standard InChI is InChI=1S/C54H38N2S/c1-3-12-37(13-4-1)39-22-27-43(28-23-39)55(46-31-32-49-48-19-8-10-21-53(48)57-54(49)36-46)45-17-11-16-41(34-45)42-26-33-52-50(35-42)47-18-7-9-20-51(47)56(52)44-29-24-40(25-30-44)38-14-5-2-6-15-38/h1-31,33-36,49H,32H2. The van der Waals surface area contributed by atoms with Crippen LogP contribution in [0.4, 0.5) is 11.4 Å². The second-order valence-electron chi connectivity index (χ2n) is 14.9. The summed E-state index contributed by atoms with van der Waals surface area (Å²) in [5.41, 5.74) is 15.8. The highest BCUT2D eigenvalue weighted by atomic mass is 32.2. The summed E-state index contributed by atoms with van der Waals surface area (Å²) in [6.45, 7) is 0. The highest BCUT2D eigenvalue weighted by molar-refractivity contribution is 8.03. The van der Waals surface area contributed by atoms with E-state index in [2.05, 4.69) is 222 Å². The van der Waals surface area contributed by atoms with Gasteiger partial charge in [0.2, 0.25) is 0 Å². The van der Waals surface area contributed by atoms with Crippen LogP contribution in [0.3, 0.4) is 0 Å². The average Bonchev–Trinajstić information content (AvgIpc) is 3.83. The van der Waals surface area contributed by atoms with Crippen molar-refractivity contribution in [1.82, 2.24) is 4.57 Å². The Morgan fingerprint density at radius 1 is 0.456 bits per heavy atom. The first-order chi connectivity index (χ1) is 28.2. The molecule has 1 atom stereocenters. The summed E-state index contributed by atoms with van der Waals surface area (Å²) in [6.07, 6.45) is 5.84. The highest BCUT2D eigenvalue weighted by Crippen LogP contribution is 2.53. The van der Waals surface area contributed by atoms with E-state index in [0.717, 1.165) is 23.5 Å². The molecule has 57 heavy (non-hydrogen) atoms. The Kier molecular flexibility index (Phi) is 8.26. The molecule has 0 radical (unpaired) electrons. The van der Waals surface area contributed by atoms with Crippen molar-refractivity contribution < 1.29 is 0 Å². The predicted molar refractivity (Wildman–Crippen MR) is 241 cm³/mol. The maximum absolute atomic E-state index is 2.44. The van der Waals surface area contributed by atoms with E-state index in [0.29, 0.717) is 5.92 Å². The number of anilines is 2. The van der Waals surface area contributed by atoms with Crippen molar-refractivity contribution in [2.24, 2.45) is 0 Å². The zero-order valence-electron chi connectivity index (χ0n) is 31.3. The Bertz CT molecular complexity index is 2990. The first-order valence-electron chi connectivity index (χ1n) is 19.7. The van der Waals surface area contributed by atoms with Gasteiger partial charge in [-0.2, -0.15) is 0 Å². The number of aromatic nitrogens is 1. The van der Waals surface area contributed by atoms with Gasteiger partial charge in [-0.05, 0) is 117 Å². The number of thioether (sulfide) groups is 1. The molecule has 11 rings (SSSR count). The monoisotopic (exact) mass is 746 g/mol. The molecule has 0 spiro atoms. The lowest BCUT2D eigenvalue weighted by Gasteiger charge is -2.30. The first-order valence-corrected chi connectivity index (χ1v) is 20.5. The molecule has 1 aromatic heterocycles. The van der Waals surface area contributed by atoms with Gasteiger partial charge < -0.3 is 9.47 Å². The third-order valence-electron chi connectivity index (χ3n) is 11.6. The quantitative estimate of drug-likeness (QED) is 0.160. The van der Waals surface area contributed by atoms with Gasteiger partial charge in [-0.15, -0.1) is 0 Å². The summed E-state index contributed by atoms with van der Waals surface area (Å²) in [5, 5.41) is 2.50. The lowest BCUT2D eigenvalue weighted by atomic mass is 9.91. The molecule has 1 aliphatic heterocycles. The van der Waals surface area contributed by atoms with Gasteiger partial charge in [0.05, 0.1) is 11.0 Å². The van der Waals surface area contributed by atoms with Gasteiger partial charge in [0.25, 0.3) is 0 Å². The van der Waals surface area contributed by atoms with Gasteiger partial charge >= 0.3 is 0 Å². The van der Waals surface area contributed by atoms with Crippen LogP contribution in [0, 0.1) is 0 Å². The van der Waals surface area contributed by atoms with Crippen LogP contribution in [0.2, 0.25) is 0 Å².